The van der Waals surface area contributed by atoms with Crippen LogP contribution >= 0.6 is 0 Å². The van der Waals surface area contributed by atoms with E-state index in [1.165, 1.54) is 0 Å². The molecule has 0 radical (unpaired) electrons. The van der Waals surface area contributed by atoms with Crippen molar-refractivity contribution in [1.82, 2.24) is 19.7 Å². The Hall–Kier alpha value is -1.72. The molecule has 13 heavy (non-hydrogen) atoms. The van der Waals surface area contributed by atoms with Gasteiger partial charge in [0.2, 0.25) is 0 Å². The minimum absolute atomic E-state index is 0.163. The minimum atomic E-state index is -2.66. The highest BCUT2D eigenvalue weighted by molar-refractivity contribution is 5.53. The lowest BCUT2D eigenvalue weighted by Crippen LogP contribution is -2.02. The van der Waals surface area contributed by atoms with Crippen LogP contribution in [0.25, 0.3) is 11.4 Å². The molecule has 0 aliphatic heterocycles. The average molecular weight is 184 g/mol. The molecule has 0 bridgehead atoms. The molecule has 2 aromatic heterocycles. The summed E-state index contributed by atoms with van der Waals surface area (Å²) in [7, 11) is 0. The van der Waals surface area contributed by atoms with Gasteiger partial charge in [0.25, 0.3) is 0 Å². The van der Waals surface area contributed by atoms with Crippen molar-refractivity contribution in [2.75, 3.05) is 0 Å². The molecule has 0 atom stereocenters. The summed E-state index contributed by atoms with van der Waals surface area (Å²) in [4.78, 5) is 6.49. The maximum absolute atomic E-state index is 12.3. The SMILES string of the molecule is FC(F)n1ncnc1-c1cc[nH]c1. The Labute approximate surface area is 72.2 Å². The molecule has 2 heterocycles. The van der Waals surface area contributed by atoms with Crippen molar-refractivity contribution in [3.63, 3.8) is 0 Å². The largest absolute Gasteiger partial charge is 0.367 e. The second-order valence-corrected chi connectivity index (χ2v) is 2.41. The van der Waals surface area contributed by atoms with Gasteiger partial charge in [0.15, 0.2) is 5.82 Å². The summed E-state index contributed by atoms with van der Waals surface area (Å²) < 4.78 is 25.2. The molecule has 4 nitrogen and oxygen atoms in total. The fraction of sp³-hybridized carbons (Fsp3) is 0.143. The number of H-pyrrole nitrogens is 1. The van der Waals surface area contributed by atoms with Crippen LogP contribution in [0.3, 0.4) is 0 Å². The summed E-state index contributed by atoms with van der Waals surface area (Å²) in [5, 5.41) is 3.41. The quantitative estimate of drug-likeness (QED) is 0.771. The van der Waals surface area contributed by atoms with E-state index in [0.29, 0.717) is 10.2 Å². The number of aromatic nitrogens is 4. The zero-order valence-corrected chi connectivity index (χ0v) is 6.48. The predicted molar refractivity (Wildman–Crippen MR) is 41.1 cm³/mol. The molecule has 2 aromatic rings. The monoisotopic (exact) mass is 184 g/mol. The second kappa shape index (κ2) is 2.96. The van der Waals surface area contributed by atoms with Gasteiger partial charge in [-0.3, -0.25) is 0 Å². The van der Waals surface area contributed by atoms with Gasteiger partial charge < -0.3 is 4.98 Å². The third kappa shape index (κ3) is 1.30. The standard InChI is InChI=1S/C7H6F2N4/c8-7(9)13-6(11-4-12-13)5-1-2-10-3-5/h1-4,7,10H. The van der Waals surface area contributed by atoms with Crippen molar-refractivity contribution < 1.29 is 8.78 Å². The molecule has 0 unspecified atom stereocenters. The number of nitrogens with zero attached hydrogens (tertiary/aromatic N) is 3. The smallest absolute Gasteiger partial charge is 0.335 e. The summed E-state index contributed by atoms with van der Waals surface area (Å²) in [5.74, 6) is 0.163. The highest BCUT2D eigenvalue weighted by Crippen LogP contribution is 2.19. The molecular formula is C7H6F2N4. The number of halogens is 2. The van der Waals surface area contributed by atoms with E-state index in [2.05, 4.69) is 15.1 Å². The number of alkyl halides is 2. The first-order chi connectivity index (χ1) is 6.29. The fourth-order valence-corrected chi connectivity index (χ4v) is 1.06. The van der Waals surface area contributed by atoms with Crippen molar-refractivity contribution in [2.45, 2.75) is 6.55 Å². The van der Waals surface area contributed by atoms with Crippen molar-refractivity contribution in [1.29, 1.82) is 0 Å². The van der Waals surface area contributed by atoms with Crippen LogP contribution in [0.1, 0.15) is 6.55 Å². The molecule has 1 N–H and O–H groups in total. The molecule has 0 spiro atoms. The van der Waals surface area contributed by atoms with Crippen molar-refractivity contribution in [2.24, 2.45) is 0 Å². The summed E-state index contributed by atoms with van der Waals surface area (Å²) in [6, 6.07) is 1.66. The maximum Gasteiger partial charge on any atom is 0.335 e. The topological polar surface area (TPSA) is 46.5 Å². The van der Waals surface area contributed by atoms with Crippen LogP contribution in [-0.2, 0) is 0 Å². The molecule has 0 aliphatic carbocycles. The van der Waals surface area contributed by atoms with Crippen molar-refractivity contribution >= 4 is 0 Å². The Morgan fingerprint density at radius 3 is 2.92 bits per heavy atom. The van der Waals surface area contributed by atoms with E-state index in [4.69, 9.17) is 0 Å². The first-order valence-corrected chi connectivity index (χ1v) is 3.60. The summed E-state index contributed by atoms with van der Waals surface area (Å²) in [6.45, 7) is -2.66. The van der Waals surface area contributed by atoms with Crippen molar-refractivity contribution in [3.05, 3.63) is 24.8 Å². The Morgan fingerprint density at radius 2 is 2.31 bits per heavy atom. The number of hydrogen-bond acceptors (Lipinski definition) is 2. The maximum atomic E-state index is 12.3. The molecule has 2 rings (SSSR count). The molecule has 0 fully saturated rings. The molecule has 0 aliphatic rings. The van der Waals surface area contributed by atoms with Gasteiger partial charge in [-0.2, -0.15) is 18.6 Å². The van der Waals surface area contributed by atoms with Crippen LogP contribution in [0.2, 0.25) is 0 Å². The van der Waals surface area contributed by atoms with Crippen LogP contribution in [0.4, 0.5) is 8.78 Å². The normalized spacial score (nSPS) is 11.0. The van der Waals surface area contributed by atoms with E-state index < -0.39 is 6.55 Å². The van der Waals surface area contributed by atoms with Crippen LogP contribution in [0.15, 0.2) is 24.8 Å². The zero-order chi connectivity index (χ0) is 9.26. The van der Waals surface area contributed by atoms with Crippen LogP contribution in [0.5, 0.6) is 0 Å². The molecule has 0 aromatic carbocycles. The zero-order valence-electron chi connectivity index (χ0n) is 6.48. The van der Waals surface area contributed by atoms with Gasteiger partial charge in [0.05, 0.1) is 0 Å². The lowest BCUT2D eigenvalue weighted by molar-refractivity contribution is 0.0582. The van der Waals surface area contributed by atoms with Gasteiger partial charge in [0.1, 0.15) is 6.33 Å². The summed E-state index contributed by atoms with van der Waals surface area (Å²) in [6.07, 6.45) is 4.33. The molecule has 68 valence electrons. The summed E-state index contributed by atoms with van der Waals surface area (Å²) >= 11 is 0. The van der Waals surface area contributed by atoms with Gasteiger partial charge in [-0.1, -0.05) is 0 Å². The lowest BCUT2D eigenvalue weighted by Gasteiger charge is -2.01. The van der Waals surface area contributed by atoms with Crippen LogP contribution in [0, 0.1) is 0 Å². The second-order valence-electron chi connectivity index (χ2n) is 2.41. The predicted octanol–water partition coefficient (Wildman–Crippen LogP) is 1.67. The highest BCUT2D eigenvalue weighted by Gasteiger charge is 2.14. The van der Waals surface area contributed by atoms with Gasteiger partial charge in [-0.15, -0.1) is 0 Å². The third-order valence-electron chi connectivity index (χ3n) is 1.61. The van der Waals surface area contributed by atoms with E-state index in [0.717, 1.165) is 6.33 Å². The van der Waals surface area contributed by atoms with Crippen LogP contribution < -0.4 is 0 Å². The number of nitrogens with one attached hydrogen (secondary N) is 1. The Bertz CT molecular complexity index is 379. The molecule has 0 saturated carbocycles. The average Bonchev–Trinajstić information content (AvgIpc) is 2.74. The van der Waals surface area contributed by atoms with E-state index in [1.807, 2.05) is 0 Å². The lowest BCUT2D eigenvalue weighted by atomic mass is 10.3. The first-order valence-electron chi connectivity index (χ1n) is 3.60. The van der Waals surface area contributed by atoms with E-state index >= 15 is 0 Å². The van der Waals surface area contributed by atoms with E-state index in [9.17, 15) is 8.78 Å². The van der Waals surface area contributed by atoms with E-state index in [1.54, 1.807) is 18.5 Å². The Balaban J connectivity index is 2.46. The van der Waals surface area contributed by atoms with Gasteiger partial charge >= 0.3 is 6.55 Å². The van der Waals surface area contributed by atoms with Gasteiger partial charge in [-0.25, -0.2) is 4.98 Å². The molecule has 0 saturated heterocycles. The fourth-order valence-electron chi connectivity index (χ4n) is 1.06. The summed E-state index contributed by atoms with van der Waals surface area (Å²) in [5.41, 5.74) is 0.595. The molecular weight excluding hydrogens is 178 g/mol. The number of hydrogen-bond donors (Lipinski definition) is 1. The molecule has 0 amide bonds. The number of rotatable bonds is 2. The van der Waals surface area contributed by atoms with Gasteiger partial charge in [0, 0.05) is 18.0 Å². The van der Waals surface area contributed by atoms with Crippen molar-refractivity contribution in [3.8, 4) is 11.4 Å². The minimum Gasteiger partial charge on any atom is -0.367 e. The Morgan fingerprint density at radius 1 is 1.46 bits per heavy atom. The van der Waals surface area contributed by atoms with Crippen LogP contribution in [-0.4, -0.2) is 19.7 Å². The molecule has 6 heteroatoms. The third-order valence-corrected chi connectivity index (χ3v) is 1.61. The number of aromatic amines is 1. The van der Waals surface area contributed by atoms with E-state index in [-0.39, 0.29) is 5.82 Å². The first kappa shape index (κ1) is 7.90. The Kier molecular flexibility index (Phi) is 1.80. The van der Waals surface area contributed by atoms with Gasteiger partial charge in [-0.05, 0) is 6.07 Å². The highest BCUT2D eigenvalue weighted by atomic mass is 19.3.